The first-order chi connectivity index (χ1) is 17.0. The molecule has 36 heavy (non-hydrogen) atoms. The minimum absolute atomic E-state index is 0.00711. The molecule has 3 heteroatoms. The first-order valence-electron chi connectivity index (χ1n) is 15.6. The standard InChI is InChI=1S/C33H57NO2/c1-23(2)10-8-11-24(3)28-15-16-29-27-14-13-25-22-26(36-31(35)12-9-21-34(6)7)17-19-32(25,4)30(27)18-20-33(28,29)5/h13,23-24,26-30H,8-12,14-22H2,1-7H3/t24-,26?,27+,28-,29+,30+,32+,33-/m1/s1. The van der Waals surface area contributed by atoms with Gasteiger partial charge in [-0.05, 0) is 118 Å². The normalized spacial score (nSPS) is 38.8. The van der Waals surface area contributed by atoms with Crippen LogP contribution in [0.1, 0.15) is 118 Å². The number of esters is 1. The topological polar surface area (TPSA) is 29.5 Å². The van der Waals surface area contributed by atoms with Gasteiger partial charge in [-0.3, -0.25) is 4.79 Å². The summed E-state index contributed by atoms with van der Waals surface area (Å²) in [6.07, 6.45) is 18.7. The van der Waals surface area contributed by atoms with Crippen LogP contribution in [0.5, 0.6) is 0 Å². The summed E-state index contributed by atoms with van der Waals surface area (Å²) in [5.41, 5.74) is 2.51. The van der Waals surface area contributed by atoms with Crippen molar-refractivity contribution >= 4 is 5.97 Å². The average molecular weight is 500 g/mol. The zero-order chi connectivity index (χ0) is 26.1. The molecule has 0 aromatic heterocycles. The number of carbonyl (C=O) groups excluding carboxylic acids is 1. The number of rotatable bonds is 10. The second kappa shape index (κ2) is 11.5. The second-order valence-electron chi connectivity index (χ2n) is 14.6. The van der Waals surface area contributed by atoms with Crippen LogP contribution in [0.3, 0.4) is 0 Å². The maximum atomic E-state index is 12.4. The Hall–Kier alpha value is -0.830. The zero-order valence-electron chi connectivity index (χ0n) is 24.8. The van der Waals surface area contributed by atoms with Gasteiger partial charge in [-0.2, -0.15) is 0 Å². The molecule has 1 unspecified atom stereocenters. The Morgan fingerprint density at radius 2 is 1.81 bits per heavy atom. The van der Waals surface area contributed by atoms with E-state index in [1.54, 1.807) is 5.57 Å². The molecule has 0 amide bonds. The smallest absolute Gasteiger partial charge is 0.306 e. The fourth-order valence-electron chi connectivity index (χ4n) is 9.54. The Kier molecular flexibility index (Phi) is 9.01. The summed E-state index contributed by atoms with van der Waals surface area (Å²) in [7, 11) is 4.12. The number of ether oxygens (including phenoxy) is 1. The minimum Gasteiger partial charge on any atom is -0.462 e. The Bertz CT molecular complexity index is 787. The molecule has 0 bridgehead atoms. The third kappa shape index (κ3) is 5.76. The Morgan fingerprint density at radius 1 is 1.03 bits per heavy atom. The second-order valence-corrected chi connectivity index (χ2v) is 14.6. The lowest BCUT2D eigenvalue weighted by Gasteiger charge is -2.58. The van der Waals surface area contributed by atoms with Gasteiger partial charge in [0.2, 0.25) is 0 Å². The molecule has 8 atom stereocenters. The molecular formula is C33H57NO2. The molecule has 0 radical (unpaired) electrons. The third-order valence-corrected chi connectivity index (χ3v) is 11.5. The van der Waals surface area contributed by atoms with Crippen molar-refractivity contribution in [1.29, 1.82) is 0 Å². The van der Waals surface area contributed by atoms with Crippen molar-refractivity contribution in [2.24, 2.45) is 46.3 Å². The number of nitrogens with zero attached hydrogens (tertiary/aromatic N) is 1. The number of hydrogen-bond acceptors (Lipinski definition) is 3. The largest absolute Gasteiger partial charge is 0.462 e. The van der Waals surface area contributed by atoms with Crippen molar-refractivity contribution in [1.82, 2.24) is 4.90 Å². The van der Waals surface area contributed by atoms with Crippen LogP contribution in [0.15, 0.2) is 11.6 Å². The maximum absolute atomic E-state index is 12.4. The van der Waals surface area contributed by atoms with Crippen LogP contribution in [0.2, 0.25) is 0 Å². The van der Waals surface area contributed by atoms with Gasteiger partial charge in [0, 0.05) is 12.8 Å². The average Bonchev–Trinajstić information content (AvgIpc) is 3.16. The molecule has 4 rings (SSSR count). The van der Waals surface area contributed by atoms with Gasteiger partial charge in [0.15, 0.2) is 0 Å². The fourth-order valence-corrected chi connectivity index (χ4v) is 9.54. The molecule has 3 fully saturated rings. The molecule has 0 saturated heterocycles. The molecule has 4 aliphatic rings. The van der Waals surface area contributed by atoms with Gasteiger partial charge < -0.3 is 9.64 Å². The highest BCUT2D eigenvalue weighted by atomic mass is 16.5. The Balaban J connectivity index is 1.37. The van der Waals surface area contributed by atoms with Crippen molar-refractivity contribution in [3.05, 3.63) is 11.6 Å². The van der Waals surface area contributed by atoms with Crippen LogP contribution >= 0.6 is 0 Å². The highest BCUT2D eigenvalue weighted by Gasteiger charge is 2.59. The van der Waals surface area contributed by atoms with Crippen molar-refractivity contribution in [3.63, 3.8) is 0 Å². The van der Waals surface area contributed by atoms with Gasteiger partial charge in [-0.15, -0.1) is 0 Å². The fraction of sp³-hybridized carbons (Fsp3) is 0.909. The van der Waals surface area contributed by atoms with E-state index in [2.05, 4.69) is 59.7 Å². The number of carbonyl (C=O) groups is 1. The lowest BCUT2D eigenvalue weighted by atomic mass is 9.47. The molecule has 4 aliphatic carbocycles. The molecule has 3 nitrogen and oxygen atoms in total. The van der Waals surface area contributed by atoms with Gasteiger partial charge in [0.05, 0.1) is 0 Å². The molecule has 0 N–H and O–H groups in total. The van der Waals surface area contributed by atoms with E-state index in [0.717, 1.165) is 61.3 Å². The van der Waals surface area contributed by atoms with Crippen LogP contribution in [-0.2, 0) is 9.53 Å². The molecule has 0 aromatic rings. The van der Waals surface area contributed by atoms with Crippen LogP contribution in [0.4, 0.5) is 0 Å². The molecule has 3 saturated carbocycles. The van der Waals surface area contributed by atoms with E-state index in [-0.39, 0.29) is 12.1 Å². The summed E-state index contributed by atoms with van der Waals surface area (Å²) in [4.78, 5) is 14.6. The van der Waals surface area contributed by atoms with E-state index in [1.165, 1.54) is 57.8 Å². The lowest BCUT2D eigenvalue weighted by molar-refractivity contribution is -0.151. The molecule has 206 valence electrons. The highest BCUT2D eigenvalue weighted by Crippen LogP contribution is 2.67. The summed E-state index contributed by atoms with van der Waals surface area (Å²) in [5, 5.41) is 0. The van der Waals surface area contributed by atoms with Crippen molar-refractivity contribution in [2.75, 3.05) is 20.6 Å². The monoisotopic (exact) mass is 499 g/mol. The van der Waals surface area contributed by atoms with Gasteiger partial charge in [0.25, 0.3) is 0 Å². The predicted octanol–water partition coefficient (Wildman–Crippen LogP) is 8.28. The Morgan fingerprint density at radius 3 is 2.53 bits per heavy atom. The molecule has 0 heterocycles. The highest BCUT2D eigenvalue weighted by molar-refractivity contribution is 5.69. The maximum Gasteiger partial charge on any atom is 0.306 e. The van der Waals surface area contributed by atoms with E-state index in [0.29, 0.717) is 17.3 Å². The summed E-state index contributed by atoms with van der Waals surface area (Å²) in [6, 6.07) is 0. The summed E-state index contributed by atoms with van der Waals surface area (Å²) in [6.45, 7) is 13.5. The van der Waals surface area contributed by atoms with Crippen molar-refractivity contribution < 1.29 is 9.53 Å². The molecular weight excluding hydrogens is 442 g/mol. The van der Waals surface area contributed by atoms with Crippen molar-refractivity contribution in [2.45, 2.75) is 124 Å². The molecule has 0 aromatic carbocycles. The van der Waals surface area contributed by atoms with Crippen LogP contribution in [0, 0.1) is 46.3 Å². The molecule has 0 spiro atoms. The van der Waals surface area contributed by atoms with Gasteiger partial charge in [-0.1, -0.05) is 65.5 Å². The summed E-state index contributed by atoms with van der Waals surface area (Å²) in [5.74, 6) is 5.27. The van der Waals surface area contributed by atoms with Crippen molar-refractivity contribution in [3.8, 4) is 0 Å². The number of allylic oxidation sites excluding steroid dienone is 1. The Labute approximate surface area is 223 Å². The quantitative estimate of drug-likeness (QED) is 0.224. The third-order valence-electron chi connectivity index (χ3n) is 11.5. The van der Waals surface area contributed by atoms with Gasteiger partial charge in [0.1, 0.15) is 6.10 Å². The van der Waals surface area contributed by atoms with Crippen LogP contribution in [0.25, 0.3) is 0 Å². The summed E-state index contributed by atoms with van der Waals surface area (Å²) >= 11 is 0. The van der Waals surface area contributed by atoms with E-state index in [1.807, 2.05) is 0 Å². The number of hydrogen-bond donors (Lipinski definition) is 0. The first-order valence-corrected chi connectivity index (χ1v) is 15.6. The molecule has 0 aliphatic heterocycles. The summed E-state index contributed by atoms with van der Waals surface area (Å²) < 4.78 is 5.98. The lowest BCUT2D eigenvalue weighted by Crippen LogP contribution is -2.51. The first kappa shape index (κ1) is 28.2. The SMILES string of the molecule is CC(C)CCC[C@@H](C)[C@H]1CC[C@H]2[C@@H]3CC=C4CC(OC(=O)CCCN(C)C)CC[C@]4(C)[C@H]3CC[C@]12C. The number of fused-ring (bicyclic) bond motifs is 5. The van der Waals surface area contributed by atoms with Gasteiger partial charge in [-0.25, -0.2) is 0 Å². The van der Waals surface area contributed by atoms with E-state index in [4.69, 9.17) is 4.74 Å². The van der Waals surface area contributed by atoms with Gasteiger partial charge >= 0.3 is 5.97 Å². The zero-order valence-corrected chi connectivity index (χ0v) is 24.8. The van der Waals surface area contributed by atoms with E-state index >= 15 is 0 Å². The van der Waals surface area contributed by atoms with Crippen LogP contribution < -0.4 is 0 Å². The van der Waals surface area contributed by atoms with Crippen LogP contribution in [-0.4, -0.2) is 37.6 Å². The predicted molar refractivity (Wildman–Crippen MR) is 151 cm³/mol. The minimum atomic E-state index is 0.00711. The van der Waals surface area contributed by atoms with E-state index < -0.39 is 0 Å². The van der Waals surface area contributed by atoms with E-state index in [9.17, 15) is 4.79 Å².